The number of hydrogen-bond donors (Lipinski definition) is 2. The molecule has 0 amide bonds. The Kier molecular flexibility index (Phi) is 15.4. The van der Waals surface area contributed by atoms with Crippen LogP contribution in [-0.2, 0) is 9.59 Å². The molecule has 0 aromatic rings. The van der Waals surface area contributed by atoms with Gasteiger partial charge < -0.3 is 13.1 Å². The quantitative estimate of drug-likeness (QED) is 0.313. The SMILES string of the molecule is O=C(O)C(=O)O.[AlH3].[Ca+2].[H-].[H-]. The molecule has 2 N–H and O–H groups in total. The van der Waals surface area contributed by atoms with E-state index in [4.69, 9.17) is 19.8 Å². The van der Waals surface area contributed by atoms with Gasteiger partial charge in [-0.2, -0.15) is 0 Å². The summed E-state index contributed by atoms with van der Waals surface area (Å²) in [6.45, 7) is 0. The van der Waals surface area contributed by atoms with Gasteiger partial charge in [0.2, 0.25) is 0 Å². The number of aliphatic carboxylic acids is 2. The molecule has 0 aromatic heterocycles. The maximum absolute atomic E-state index is 9.10. The zero-order valence-corrected chi connectivity index (χ0v) is 5.63. The molecule has 0 unspecified atom stereocenters. The van der Waals surface area contributed by atoms with Crippen LogP contribution in [0.15, 0.2) is 0 Å². The molecule has 0 aliphatic carbocycles. The Labute approximate surface area is 89.0 Å². The van der Waals surface area contributed by atoms with Crippen LogP contribution in [0.4, 0.5) is 0 Å². The van der Waals surface area contributed by atoms with E-state index in [1.807, 2.05) is 0 Å². The van der Waals surface area contributed by atoms with Gasteiger partial charge in [0, 0.05) is 0 Å². The van der Waals surface area contributed by atoms with Gasteiger partial charge in [-0.15, -0.1) is 0 Å². The minimum Gasteiger partial charge on any atom is -1.00 e. The van der Waals surface area contributed by atoms with Crippen molar-refractivity contribution < 1.29 is 22.7 Å². The molecule has 0 saturated carbocycles. The summed E-state index contributed by atoms with van der Waals surface area (Å²) in [5, 5.41) is 14.8. The number of carbonyl (C=O) groups is 2. The fourth-order valence-electron chi connectivity index (χ4n) is 0. The van der Waals surface area contributed by atoms with Crippen LogP contribution in [0.25, 0.3) is 0 Å². The summed E-state index contributed by atoms with van der Waals surface area (Å²) in [5.41, 5.74) is 0. The van der Waals surface area contributed by atoms with Crippen molar-refractivity contribution in [2.75, 3.05) is 0 Å². The minimum absolute atomic E-state index is 0. The third-order valence-electron chi connectivity index (χ3n) is 0.183. The number of carboxylic acids is 2. The van der Waals surface area contributed by atoms with Crippen molar-refractivity contribution in [3.05, 3.63) is 0 Å². The summed E-state index contributed by atoms with van der Waals surface area (Å²) >= 11 is 0. The van der Waals surface area contributed by atoms with Crippen molar-refractivity contribution in [3.63, 3.8) is 0 Å². The summed E-state index contributed by atoms with van der Waals surface area (Å²) in [6.07, 6.45) is 0. The molecule has 4 nitrogen and oxygen atoms in total. The molecule has 0 radical (unpaired) electrons. The predicted octanol–water partition coefficient (Wildman–Crippen LogP) is -2.18. The summed E-state index contributed by atoms with van der Waals surface area (Å²) in [5.74, 6) is -3.65. The van der Waals surface area contributed by atoms with Crippen molar-refractivity contribution in [1.82, 2.24) is 0 Å². The predicted molar refractivity (Wildman–Crippen MR) is 33.2 cm³/mol. The first-order chi connectivity index (χ1) is 2.64. The molecule has 0 aliphatic rings. The first-order valence-corrected chi connectivity index (χ1v) is 1.11. The fraction of sp³-hybridized carbons (Fsp3) is 0. The van der Waals surface area contributed by atoms with Gasteiger partial charge >= 0.3 is 49.7 Å². The van der Waals surface area contributed by atoms with Crippen LogP contribution in [-0.4, -0.2) is 77.3 Å². The van der Waals surface area contributed by atoms with Crippen molar-refractivity contribution in [3.8, 4) is 0 Å². The Morgan fingerprint density at radius 2 is 1.25 bits per heavy atom. The van der Waals surface area contributed by atoms with Gasteiger partial charge in [0.05, 0.1) is 0 Å². The molecular formula is C2H7AlCaO4. The molecule has 0 aliphatic heterocycles. The largest absolute Gasteiger partial charge is 2.00 e. The molecular weight excluding hydrogens is 155 g/mol. The molecule has 0 fully saturated rings. The van der Waals surface area contributed by atoms with Crippen molar-refractivity contribution in [1.29, 1.82) is 0 Å². The molecule has 0 bridgehead atoms. The summed E-state index contributed by atoms with van der Waals surface area (Å²) in [7, 11) is 0. The Morgan fingerprint density at radius 3 is 1.25 bits per heavy atom. The first kappa shape index (κ1) is 15.9. The number of hydrogen-bond acceptors (Lipinski definition) is 2. The molecule has 0 saturated heterocycles. The first-order valence-electron chi connectivity index (χ1n) is 1.11. The van der Waals surface area contributed by atoms with E-state index in [0.717, 1.165) is 0 Å². The molecule has 0 atom stereocenters. The van der Waals surface area contributed by atoms with Crippen molar-refractivity contribution in [2.45, 2.75) is 0 Å². The second-order valence-corrected chi connectivity index (χ2v) is 0.610. The normalized spacial score (nSPS) is 5.50. The van der Waals surface area contributed by atoms with Crippen LogP contribution in [0.2, 0.25) is 0 Å². The van der Waals surface area contributed by atoms with E-state index in [-0.39, 0.29) is 58.0 Å². The molecule has 0 rings (SSSR count). The fourth-order valence-corrected chi connectivity index (χ4v) is 0. The Morgan fingerprint density at radius 1 is 1.12 bits per heavy atom. The number of carboxylic acid groups (broad SMARTS) is 2. The zero-order valence-electron chi connectivity index (χ0n) is 5.42. The molecule has 6 heteroatoms. The molecule has 44 valence electrons. The van der Waals surface area contributed by atoms with Crippen LogP contribution in [0.3, 0.4) is 0 Å². The Bertz CT molecular complexity index is 87.3. The third kappa shape index (κ3) is 9.88. The molecule has 0 aromatic carbocycles. The van der Waals surface area contributed by atoms with Gasteiger partial charge in [-0.05, 0) is 0 Å². The summed E-state index contributed by atoms with van der Waals surface area (Å²) < 4.78 is 0. The van der Waals surface area contributed by atoms with Gasteiger partial charge in [-0.1, -0.05) is 0 Å². The minimum atomic E-state index is -1.82. The van der Waals surface area contributed by atoms with E-state index in [0.29, 0.717) is 0 Å². The number of rotatable bonds is 0. The molecule has 0 heterocycles. The van der Waals surface area contributed by atoms with Crippen LogP contribution >= 0.6 is 0 Å². The van der Waals surface area contributed by atoms with E-state index in [1.165, 1.54) is 0 Å². The van der Waals surface area contributed by atoms with Gasteiger partial charge in [-0.25, -0.2) is 9.59 Å². The second kappa shape index (κ2) is 7.73. The van der Waals surface area contributed by atoms with E-state index in [2.05, 4.69) is 0 Å². The summed E-state index contributed by atoms with van der Waals surface area (Å²) in [4.78, 5) is 18.2. The van der Waals surface area contributed by atoms with E-state index >= 15 is 0 Å². The van der Waals surface area contributed by atoms with Crippen molar-refractivity contribution in [2.24, 2.45) is 0 Å². The van der Waals surface area contributed by atoms with Crippen molar-refractivity contribution >= 4 is 67.0 Å². The molecule has 8 heavy (non-hydrogen) atoms. The Balaban J connectivity index is -0.0000000208. The zero-order chi connectivity index (χ0) is 5.15. The van der Waals surface area contributed by atoms with Gasteiger partial charge in [0.15, 0.2) is 17.4 Å². The smallest absolute Gasteiger partial charge is 1.00 e. The van der Waals surface area contributed by atoms with Crippen LogP contribution in [0, 0.1) is 0 Å². The topological polar surface area (TPSA) is 74.6 Å². The van der Waals surface area contributed by atoms with E-state index < -0.39 is 11.9 Å². The average Bonchev–Trinajstić information content (AvgIpc) is 1.36. The van der Waals surface area contributed by atoms with Crippen LogP contribution in [0.5, 0.6) is 0 Å². The standard InChI is InChI=1S/C2H2O4.Al.Ca.5H/c3-1(4)2(5)6;;;;;;;/h(H,3,4)(H,5,6);;;;;;;/q;;+2;;;;2*-1. The average molecular weight is 162 g/mol. The van der Waals surface area contributed by atoms with Crippen LogP contribution < -0.4 is 0 Å². The van der Waals surface area contributed by atoms with Gasteiger partial charge in [0.25, 0.3) is 0 Å². The molecule has 0 spiro atoms. The summed E-state index contributed by atoms with van der Waals surface area (Å²) in [6, 6.07) is 0. The van der Waals surface area contributed by atoms with Gasteiger partial charge in [-0.3, -0.25) is 0 Å². The van der Waals surface area contributed by atoms with Crippen LogP contribution in [0.1, 0.15) is 2.85 Å². The maximum atomic E-state index is 9.10. The Hall–Kier alpha value is 0.732. The third-order valence-corrected chi connectivity index (χ3v) is 0.183. The maximum Gasteiger partial charge on any atom is 2.00 e. The van der Waals surface area contributed by atoms with Gasteiger partial charge in [0.1, 0.15) is 0 Å². The second-order valence-electron chi connectivity index (χ2n) is 0.610. The monoisotopic (exact) mass is 162 g/mol. The van der Waals surface area contributed by atoms with E-state index in [9.17, 15) is 0 Å². The van der Waals surface area contributed by atoms with E-state index in [1.54, 1.807) is 0 Å².